The second-order valence-electron chi connectivity index (χ2n) is 2.94. The predicted molar refractivity (Wildman–Crippen MR) is 169 cm³/mol. The van der Waals surface area contributed by atoms with Crippen LogP contribution in [0.2, 0.25) is 0 Å². The first-order valence-electron chi connectivity index (χ1n) is 4.48. The van der Waals surface area contributed by atoms with Gasteiger partial charge in [-0.05, 0) is 63.9 Å². The van der Waals surface area contributed by atoms with Crippen molar-refractivity contribution >= 4 is 161 Å². The van der Waals surface area contributed by atoms with Gasteiger partial charge < -0.3 is 0 Å². The van der Waals surface area contributed by atoms with Crippen molar-refractivity contribution in [2.75, 3.05) is 0 Å². The zero-order valence-electron chi connectivity index (χ0n) is 10.4. The maximum Gasteiger partial charge on any atom is -0.00567 e. The van der Waals surface area contributed by atoms with Crippen molar-refractivity contribution in [3.8, 4) is 0 Å². The highest BCUT2D eigenvalue weighted by molar-refractivity contribution is 9.30. The molecule has 0 nitrogen and oxygen atoms in total. The average molecular weight is 642 g/mol. The van der Waals surface area contributed by atoms with E-state index < -0.39 is 0 Å². The van der Waals surface area contributed by atoms with Crippen molar-refractivity contribution in [3.63, 3.8) is 0 Å². The van der Waals surface area contributed by atoms with Crippen LogP contribution in [0.4, 0.5) is 0 Å². The summed E-state index contributed by atoms with van der Waals surface area (Å²) in [6.45, 7) is 1.07. The Balaban J connectivity index is 5.23. The number of hydrogen-bond acceptors (Lipinski definition) is 0. The molecule has 0 aromatic heterocycles. The Labute approximate surface area is 160 Å². The van der Waals surface area contributed by atoms with Gasteiger partial charge in [-0.15, -0.1) is 89.3 Å². The summed E-state index contributed by atoms with van der Waals surface area (Å²) in [5.74, 6) is 0. The molecule has 0 heterocycles. The Morgan fingerprint density at radius 2 is 0.950 bits per heavy atom. The molecule has 0 N–H and O–H groups in total. The second kappa shape index (κ2) is 16.3. The van der Waals surface area contributed by atoms with Crippen LogP contribution in [-0.2, 0) is 0 Å². The van der Waals surface area contributed by atoms with Crippen LogP contribution in [-0.4, -0.2) is 0 Å². The largest absolute Gasteiger partial charge is 0.109 e. The van der Waals surface area contributed by atoms with Crippen molar-refractivity contribution in [1.29, 1.82) is 0 Å². The Bertz CT molecular complexity index is 220. The molecule has 0 bridgehead atoms. The van der Waals surface area contributed by atoms with Gasteiger partial charge in [0.15, 0.2) is 0 Å². The minimum absolute atomic E-state index is 0.0666. The lowest BCUT2D eigenvalue weighted by atomic mass is 28.6. The van der Waals surface area contributed by atoms with Crippen LogP contribution in [0.1, 0.15) is 0 Å². The second-order valence-corrected chi connectivity index (χ2v) is 79.4. The fraction of sp³-hybridized carbons (Fsp3) is 0. The number of hydrogen-bond donors (Lipinski definition) is 0. The molecule has 0 aliphatic heterocycles. The van der Waals surface area contributed by atoms with E-state index in [2.05, 4.69) is 89.3 Å². The molecule has 0 aliphatic carbocycles. The standard InChI is InChI=1S/H22P20/c1-11-17(10)19(20(15(6)7)16(8)9)12-18(13(2)3)14(4)5/h11-12H,1-10H2. The molecule has 0 amide bonds. The van der Waals surface area contributed by atoms with E-state index >= 15 is 0 Å². The maximum absolute atomic E-state index is 3.25. The molecular weight excluding hydrogens is 619 g/mol. The van der Waals surface area contributed by atoms with E-state index in [4.69, 9.17) is 0 Å². The third-order valence-corrected chi connectivity index (χ3v) is 124. The summed E-state index contributed by atoms with van der Waals surface area (Å²) in [4.78, 5) is 0. The van der Waals surface area contributed by atoms with Crippen LogP contribution in [0, 0.1) is 0 Å². The average Bonchev–Trinajstić information content (AvgIpc) is 2.30. The molecule has 0 aliphatic rings. The van der Waals surface area contributed by atoms with Crippen LogP contribution in [0.3, 0.4) is 0 Å². The first-order valence-corrected chi connectivity index (χ1v) is 40.3. The monoisotopic (exact) mass is 642 g/mol. The molecule has 20 heteroatoms. The minimum Gasteiger partial charge on any atom is -0.109 e. The summed E-state index contributed by atoms with van der Waals surface area (Å²) in [7, 11) is 33.6. The molecular formula is H22P20. The molecule has 14 atom stereocenters. The first-order chi connectivity index (χ1) is 9.13. The van der Waals surface area contributed by atoms with Gasteiger partial charge in [0.05, 0.1) is 0 Å². The van der Waals surface area contributed by atoms with Crippen molar-refractivity contribution in [2.45, 2.75) is 0 Å². The van der Waals surface area contributed by atoms with Crippen molar-refractivity contribution in [2.24, 2.45) is 0 Å². The van der Waals surface area contributed by atoms with Gasteiger partial charge in [-0.1, -0.05) is 7.96 Å². The lowest BCUT2D eigenvalue weighted by Crippen LogP contribution is -1.50. The van der Waals surface area contributed by atoms with E-state index in [9.17, 15) is 0 Å². The van der Waals surface area contributed by atoms with Crippen molar-refractivity contribution in [1.82, 2.24) is 0 Å². The van der Waals surface area contributed by atoms with Crippen LogP contribution < -0.4 is 0 Å². The summed E-state index contributed by atoms with van der Waals surface area (Å²) >= 11 is 0. The van der Waals surface area contributed by atoms with E-state index in [0.29, 0.717) is 0 Å². The van der Waals surface area contributed by atoms with Gasteiger partial charge in [0, 0.05) is 0 Å². The quantitative estimate of drug-likeness (QED) is 0.220. The van der Waals surface area contributed by atoms with E-state index in [1.807, 2.05) is 0 Å². The van der Waals surface area contributed by atoms with Gasteiger partial charge in [0.25, 0.3) is 0 Å². The van der Waals surface area contributed by atoms with E-state index in [1.165, 1.54) is 7.96 Å². The van der Waals surface area contributed by atoms with Gasteiger partial charge in [0.2, 0.25) is 0 Å². The smallest absolute Gasteiger partial charge is 0.00567 e. The molecule has 20 heavy (non-hydrogen) atoms. The van der Waals surface area contributed by atoms with Gasteiger partial charge in [-0.2, -0.15) is 0 Å². The summed E-state index contributed by atoms with van der Waals surface area (Å²) in [5.41, 5.74) is 0. The minimum atomic E-state index is 0.0666. The third kappa shape index (κ3) is 11.7. The van der Waals surface area contributed by atoms with Crippen LogP contribution in [0.5, 0.6) is 0 Å². The molecule has 0 aromatic rings. The lowest BCUT2D eigenvalue weighted by molar-refractivity contribution is 4.56. The van der Waals surface area contributed by atoms with Gasteiger partial charge in [-0.3, -0.25) is 0 Å². The summed E-state index contributed by atoms with van der Waals surface area (Å²) in [6.07, 6.45) is 0. The molecule has 0 aromatic carbocycles. The molecule has 0 radical (unpaired) electrons. The van der Waals surface area contributed by atoms with Crippen LogP contribution in [0.25, 0.3) is 0 Å². The SMILES string of the molecule is PPP(P)P(PP(P(P)P)P(P)P)P(P(P)P)P(P)P. The van der Waals surface area contributed by atoms with Crippen LogP contribution >= 0.6 is 161 Å². The molecule has 14 unspecified atom stereocenters. The van der Waals surface area contributed by atoms with Gasteiger partial charge in [0.1, 0.15) is 0 Å². The molecule has 0 saturated carbocycles. The number of rotatable bonds is 9. The fourth-order valence-electron chi connectivity index (χ4n) is 0.847. The Hall–Kier alpha value is 8.60. The Morgan fingerprint density at radius 1 is 0.550 bits per heavy atom. The van der Waals surface area contributed by atoms with Gasteiger partial charge in [-0.25, -0.2) is 0 Å². The predicted octanol–water partition coefficient (Wildman–Crippen LogP) is 11.3. The van der Waals surface area contributed by atoms with E-state index in [0.717, 1.165) is 7.96 Å². The normalized spacial score (nSPS) is 17.4. The highest BCUT2D eigenvalue weighted by atomic mass is 33.4. The third-order valence-electron chi connectivity index (χ3n) is 1.54. The summed E-state index contributed by atoms with van der Waals surface area (Å²) in [6, 6.07) is 0. The summed E-state index contributed by atoms with van der Waals surface area (Å²) < 4.78 is 0. The lowest BCUT2D eigenvalue weighted by Gasteiger charge is -2.39. The van der Waals surface area contributed by atoms with Crippen molar-refractivity contribution in [3.05, 3.63) is 0 Å². The van der Waals surface area contributed by atoms with Crippen LogP contribution in [0.15, 0.2) is 0 Å². The zero-order valence-corrected chi connectivity index (χ0v) is 31.1. The molecule has 0 saturated heterocycles. The van der Waals surface area contributed by atoms with E-state index in [1.54, 1.807) is 0 Å². The maximum atomic E-state index is 3.25. The highest BCUT2D eigenvalue weighted by Crippen LogP contribution is 3.24. The van der Waals surface area contributed by atoms with E-state index in [-0.39, 0.29) is 55.9 Å². The Morgan fingerprint density at radius 3 is 1.20 bits per heavy atom. The van der Waals surface area contributed by atoms with Crippen molar-refractivity contribution < 1.29 is 0 Å². The summed E-state index contributed by atoms with van der Waals surface area (Å²) in [5, 5.41) is 0. The molecule has 122 valence electrons. The fourth-order valence-corrected chi connectivity index (χ4v) is 206. The van der Waals surface area contributed by atoms with Gasteiger partial charge >= 0.3 is 0 Å². The topological polar surface area (TPSA) is 0 Å². The Kier molecular flexibility index (Phi) is 23.3. The molecule has 0 spiro atoms. The highest BCUT2D eigenvalue weighted by Gasteiger charge is 2.34. The first kappa shape index (κ1) is 28.6. The molecule has 0 fully saturated rings. The zero-order chi connectivity index (χ0) is 16.0. The molecule has 0 rings (SSSR count).